The van der Waals surface area contributed by atoms with Gasteiger partial charge < -0.3 is 4.74 Å². The molecule has 0 heterocycles. The average molecular weight is 364 g/mol. The molecule has 2 atom stereocenters. The number of anilines is 1. The van der Waals surface area contributed by atoms with Crippen LogP contribution in [0.15, 0.2) is 53.6 Å². The van der Waals surface area contributed by atoms with Crippen LogP contribution in [0.25, 0.3) is 10.4 Å². The first-order chi connectivity index (χ1) is 12.9. The molecule has 0 bridgehead atoms. The van der Waals surface area contributed by atoms with Crippen LogP contribution in [0.1, 0.15) is 55.8 Å². The van der Waals surface area contributed by atoms with Crippen molar-refractivity contribution in [1.29, 1.82) is 0 Å². The molecule has 6 nitrogen and oxygen atoms in total. The standard InChI is InChI=1S/C21H24N4O2/c1-21(2,3)27-20(26)23-16-11-8-15(9-12-16)18-13-10-14-6-4-5-7-17(14)19(18)24-25-22/h4-9,11-12,18-19H,10,13H2,1-3H3,(H,23,26)/t18-,19+/m1/s1. The minimum Gasteiger partial charge on any atom is -0.444 e. The molecule has 3 rings (SSSR count). The Kier molecular flexibility index (Phi) is 5.38. The lowest BCUT2D eigenvalue weighted by atomic mass is 9.76. The minimum atomic E-state index is -0.540. The van der Waals surface area contributed by atoms with Crippen LogP contribution in [0.4, 0.5) is 10.5 Å². The Morgan fingerprint density at radius 2 is 1.89 bits per heavy atom. The molecular formula is C21H24N4O2. The highest BCUT2D eigenvalue weighted by atomic mass is 16.6. The highest BCUT2D eigenvalue weighted by molar-refractivity contribution is 5.84. The van der Waals surface area contributed by atoms with Crippen molar-refractivity contribution in [2.24, 2.45) is 5.11 Å². The fraction of sp³-hybridized carbons (Fsp3) is 0.381. The van der Waals surface area contributed by atoms with Crippen molar-refractivity contribution < 1.29 is 9.53 Å². The van der Waals surface area contributed by atoms with Crippen molar-refractivity contribution in [3.05, 3.63) is 75.7 Å². The number of benzene rings is 2. The highest BCUT2D eigenvalue weighted by Crippen LogP contribution is 2.43. The van der Waals surface area contributed by atoms with Gasteiger partial charge in [-0.25, -0.2) is 4.79 Å². The molecule has 0 unspecified atom stereocenters. The van der Waals surface area contributed by atoms with E-state index in [-0.39, 0.29) is 12.0 Å². The topological polar surface area (TPSA) is 87.1 Å². The van der Waals surface area contributed by atoms with E-state index in [1.165, 1.54) is 5.56 Å². The van der Waals surface area contributed by atoms with E-state index in [4.69, 9.17) is 10.3 Å². The molecule has 27 heavy (non-hydrogen) atoms. The Hall–Kier alpha value is -2.98. The fourth-order valence-corrected chi connectivity index (χ4v) is 3.52. The minimum absolute atomic E-state index is 0.117. The van der Waals surface area contributed by atoms with Crippen molar-refractivity contribution >= 4 is 11.8 Å². The van der Waals surface area contributed by atoms with Gasteiger partial charge in [0.25, 0.3) is 0 Å². The van der Waals surface area contributed by atoms with Crippen LogP contribution in [0, 0.1) is 0 Å². The Morgan fingerprint density at radius 3 is 2.56 bits per heavy atom. The average Bonchev–Trinajstić information content (AvgIpc) is 2.61. The Morgan fingerprint density at radius 1 is 1.19 bits per heavy atom. The molecule has 0 aromatic heterocycles. The van der Waals surface area contributed by atoms with E-state index in [0.717, 1.165) is 24.0 Å². The number of hydrogen-bond acceptors (Lipinski definition) is 3. The summed E-state index contributed by atoms with van der Waals surface area (Å²) in [5.74, 6) is 0.117. The number of carbonyl (C=O) groups excluding carboxylic acids is 1. The third kappa shape index (κ3) is 4.60. The van der Waals surface area contributed by atoms with Gasteiger partial charge in [-0.05, 0) is 73.9 Å². The quantitative estimate of drug-likeness (QED) is 0.404. The van der Waals surface area contributed by atoms with Crippen LogP contribution in [0.5, 0.6) is 0 Å². The number of aryl methyl sites for hydroxylation is 1. The number of hydrogen-bond donors (Lipinski definition) is 1. The second kappa shape index (κ2) is 7.72. The molecule has 0 fully saturated rings. The van der Waals surface area contributed by atoms with E-state index in [2.05, 4.69) is 21.4 Å². The van der Waals surface area contributed by atoms with E-state index in [1.807, 2.05) is 63.2 Å². The molecule has 0 radical (unpaired) electrons. The van der Waals surface area contributed by atoms with E-state index in [0.29, 0.717) is 5.69 Å². The zero-order chi connectivity index (χ0) is 19.4. The first-order valence-electron chi connectivity index (χ1n) is 9.09. The van der Waals surface area contributed by atoms with E-state index in [9.17, 15) is 4.79 Å². The molecular weight excluding hydrogens is 340 g/mol. The predicted octanol–water partition coefficient (Wildman–Crippen LogP) is 6.12. The molecule has 0 spiro atoms. The summed E-state index contributed by atoms with van der Waals surface area (Å²) in [5, 5.41) is 6.82. The van der Waals surface area contributed by atoms with Gasteiger partial charge >= 0.3 is 6.09 Å². The van der Waals surface area contributed by atoms with Crippen molar-refractivity contribution in [3.8, 4) is 0 Å². The maximum absolute atomic E-state index is 11.9. The summed E-state index contributed by atoms with van der Waals surface area (Å²) >= 11 is 0. The van der Waals surface area contributed by atoms with E-state index < -0.39 is 11.7 Å². The summed E-state index contributed by atoms with van der Waals surface area (Å²) in [6.45, 7) is 5.48. The van der Waals surface area contributed by atoms with Gasteiger partial charge in [0.2, 0.25) is 0 Å². The van der Waals surface area contributed by atoms with Crippen LogP contribution in [-0.4, -0.2) is 11.7 Å². The third-order valence-corrected chi connectivity index (χ3v) is 4.64. The van der Waals surface area contributed by atoms with Gasteiger partial charge in [-0.15, -0.1) is 0 Å². The Labute approximate surface area is 159 Å². The first-order valence-corrected chi connectivity index (χ1v) is 9.09. The summed E-state index contributed by atoms with van der Waals surface area (Å²) in [6.07, 6.45) is 1.39. The second-order valence-electron chi connectivity index (χ2n) is 7.74. The molecule has 1 aliphatic carbocycles. The lowest BCUT2D eigenvalue weighted by molar-refractivity contribution is 0.0636. The van der Waals surface area contributed by atoms with Crippen molar-refractivity contribution in [2.45, 2.75) is 51.2 Å². The SMILES string of the molecule is CC(C)(C)OC(=O)Nc1ccc([C@H]2CCc3ccccc3[C@@H]2N=[N+]=[N-])cc1. The summed E-state index contributed by atoms with van der Waals surface area (Å²) in [7, 11) is 0. The molecule has 1 aliphatic rings. The summed E-state index contributed by atoms with van der Waals surface area (Å²) < 4.78 is 5.27. The molecule has 140 valence electrons. The third-order valence-electron chi connectivity index (χ3n) is 4.64. The van der Waals surface area contributed by atoms with E-state index >= 15 is 0 Å². The molecule has 1 N–H and O–H groups in total. The molecule has 6 heteroatoms. The van der Waals surface area contributed by atoms with E-state index in [1.54, 1.807) is 0 Å². The van der Waals surface area contributed by atoms with Crippen molar-refractivity contribution in [3.63, 3.8) is 0 Å². The lowest BCUT2D eigenvalue weighted by Gasteiger charge is -2.31. The number of carbonyl (C=O) groups is 1. The van der Waals surface area contributed by atoms with Crippen LogP contribution in [0.2, 0.25) is 0 Å². The number of nitrogens with one attached hydrogen (secondary N) is 1. The number of fused-ring (bicyclic) bond motifs is 1. The number of ether oxygens (including phenoxy) is 1. The van der Waals surface area contributed by atoms with Gasteiger partial charge in [0, 0.05) is 10.6 Å². The molecule has 2 aromatic rings. The molecule has 0 saturated heterocycles. The molecule has 0 aliphatic heterocycles. The predicted molar refractivity (Wildman–Crippen MR) is 106 cm³/mol. The summed E-state index contributed by atoms with van der Waals surface area (Å²) in [6, 6.07) is 15.6. The normalized spacial score (nSPS) is 18.8. The number of nitrogens with zero attached hydrogens (tertiary/aromatic N) is 3. The van der Waals surface area contributed by atoms with Crippen LogP contribution >= 0.6 is 0 Å². The zero-order valence-electron chi connectivity index (χ0n) is 15.8. The zero-order valence-corrected chi connectivity index (χ0v) is 15.8. The number of azide groups is 1. The fourth-order valence-electron chi connectivity index (χ4n) is 3.52. The Bertz CT molecular complexity index is 864. The maximum atomic E-state index is 11.9. The van der Waals surface area contributed by atoms with Gasteiger partial charge in [-0.2, -0.15) is 0 Å². The summed E-state index contributed by atoms with van der Waals surface area (Å²) in [5.41, 5.74) is 12.6. The van der Waals surface area contributed by atoms with Gasteiger partial charge in [0.1, 0.15) is 5.60 Å². The van der Waals surface area contributed by atoms with Crippen LogP contribution < -0.4 is 5.32 Å². The number of amides is 1. The van der Waals surface area contributed by atoms with Crippen LogP contribution in [-0.2, 0) is 11.2 Å². The lowest BCUT2D eigenvalue weighted by Crippen LogP contribution is -2.27. The van der Waals surface area contributed by atoms with Crippen molar-refractivity contribution in [1.82, 2.24) is 0 Å². The van der Waals surface area contributed by atoms with Crippen LogP contribution in [0.3, 0.4) is 0 Å². The van der Waals surface area contributed by atoms with Gasteiger partial charge in [-0.1, -0.05) is 41.5 Å². The molecule has 2 aromatic carbocycles. The van der Waals surface area contributed by atoms with Gasteiger partial charge in [-0.3, -0.25) is 5.32 Å². The largest absolute Gasteiger partial charge is 0.444 e. The molecule has 1 amide bonds. The monoisotopic (exact) mass is 364 g/mol. The van der Waals surface area contributed by atoms with Crippen molar-refractivity contribution in [2.75, 3.05) is 5.32 Å². The smallest absolute Gasteiger partial charge is 0.412 e. The van der Waals surface area contributed by atoms with Gasteiger partial charge in [0.15, 0.2) is 0 Å². The Balaban J connectivity index is 1.78. The van der Waals surface area contributed by atoms with Gasteiger partial charge in [0.05, 0.1) is 6.04 Å². The second-order valence-corrected chi connectivity index (χ2v) is 7.74. The highest BCUT2D eigenvalue weighted by Gasteiger charge is 2.29. The molecule has 0 saturated carbocycles. The number of rotatable bonds is 3. The summed E-state index contributed by atoms with van der Waals surface area (Å²) in [4.78, 5) is 15.0. The first kappa shape index (κ1) is 18.8. The maximum Gasteiger partial charge on any atom is 0.412 e.